The lowest BCUT2D eigenvalue weighted by Crippen LogP contribution is -2.44. The van der Waals surface area contributed by atoms with Crippen LogP contribution in [0.15, 0.2) is 29.2 Å². The van der Waals surface area contributed by atoms with Crippen molar-refractivity contribution >= 4 is 21.9 Å². The van der Waals surface area contributed by atoms with Crippen LogP contribution in [0.3, 0.4) is 0 Å². The SMILES string of the molecule is C[C@H]1CCCCN1C(=O)COC(=O)c1ccc(S(=O)(=O)NCCC#N)cc1. The number of nitrogens with zero attached hydrogens (tertiary/aromatic N) is 2. The Morgan fingerprint density at radius 1 is 1.30 bits per heavy atom. The first-order valence-electron chi connectivity index (χ1n) is 8.78. The molecular formula is C18H23N3O5S. The normalized spacial score (nSPS) is 17.2. The van der Waals surface area contributed by atoms with E-state index in [0.717, 1.165) is 19.3 Å². The van der Waals surface area contributed by atoms with Crippen LogP contribution >= 0.6 is 0 Å². The first-order valence-corrected chi connectivity index (χ1v) is 10.3. The van der Waals surface area contributed by atoms with Crippen LogP contribution in [0.5, 0.6) is 0 Å². The Labute approximate surface area is 159 Å². The Morgan fingerprint density at radius 2 is 2.00 bits per heavy atom. The van der Waals surface area contributed by atoms with Crippen LogP contribution in [0.1, 0.15) is 43.0 Å². The fourth-order valence-electron chi connectivity index (χ4n) is 2.86. The molecule has 1 amide bonds. The maximum atomic E-state index is 12.2. The van der Waals surface area contributed by atoms with Crippen molar-refractivity contribution < 1.29 is 22.7 Å². The van der Waals surface area contributed by atoms with Gasteiger partial charge in [0.2, 0.25) is 10.0 Å². The summed E-state index contributed by atoms with van der Waals surface area (Å²) in [6.45, 7) is 2.32. The molecule has 0 saturated carbocycles. The van der Waals surface area contributed by atoms with E-state index in [4.69, 9.17) is 10.00 Å². The quantitative estimate of drug-likeness (QED) is 0.553. The van der Waals surface area contributed by atoms with Crippen molar-refractivity contribution in [1.82, 2.24) is 9.62 Å². The van der Waals surface area contributed by atoms with Gasteiger partial charge in [0.1, 0.15) is 0 Å². The third-order valence-corrected chi connectivity index (χ3v) is 5.86. The first-order chi connectivity index (χ1) is 12.8. The Morgan fingerprint density at radius 3 is 2.63 bits per heavy atom. The smallest absolute Gasteiger partial charge is 0.338 e. The highest BCUT2D eigenvalue weighted by Gasteiger charge is 2.24. The Hall–Kier alpha value is -2.44. The summed E-state index contributed by atoms with van der Waals surface area (Å²) in [5.41, 5.74) is 0.158. The summed E-state index contributed by atoms with van der Waals surface area (Å²) in [5, 5.41) is 8.46. The summed E-state index contributed by atoms with van der Waals surface area (Å²) >= 11 is 0. The molecule has 1 aromatic carbocycles. The maximum Gasteiger partial charge on any atom is 0.338 e. The largest absolute Gasteiger partial charge is 0.452 e. The number of carbonyl (C=O) groups is 2. The lowest BCUT2D eigenvalue weighted by Gasteiger charge is -2.33. The molecule has 1 N–H and O–H groups in total. The highest BCUT2D eigenvalue weighted by molar-refractivity contribution is 7.89. The molecule has 1 saturated heterocycles. The van der Waals surface area contributed by atoms with Gasteiger partial charge in [0, 0.05) is 25.6 Å². The summed E-state index contributed by atoms with van der Waals surface area (Å²) < 4.78 is 31.4. The summed E-state index contributed by atoms with van der Waals surface area (Å²) in [6.07, 6.45) is 3.04. The van der Waals surface area contributed by atoms with Gasteiger partial charge in [-0.2, -0.15) is 5.26 Å². The molecule has 0 aliphatic carbocycles. The molecule has 1 fully saturated rings. The summed E-state index contributed by atoms with van der Waals surface area (Å²) in [6, 6.07) is 7.20. The lowest BCUT2D eigenvalue weighted by atomic mass is 10.0. The molecule has 2 rings (SSSR count). The van der Waals surface area contributed by atoms with Crippen molar-refractivity contribution in [1.29, 1.82) is 5.26 Å². The number of hydrogen-bond donors (Lipinski definition) is 1. The molecule has 146 valence electrons. The van der Waals surface area contributed by atoms with Gasteiger partial charge < -0.3 is 9.64 Å². The third-order valence-electron chi connectivity index (χ3n) is 4.38. The molecule has 1 aliphatic rings. The fraction of sp³-hybridized carbons (Fsp3) is 0.500. The average Bonchev–Trinajstić information content (AvgIpc) is 2.66. The van der Waals surface area contributed by atoms with E-state index in [1.807, 2.05) is 13.0 Å². The van der Waals surface area contributed by atoms with Crippen molar-refractivity contribution in [2.24, 2.45) is 0 Å². The summed E-state index contributed by atoms with van der Waals surface area (Å²) in [5.74, 6) is -0.911. The molecule has 0 aromatic heterocycles. The lowest BCUT2D eigenvalue weighted by molar-refractivity contribution is -0.137. The van der Waals surface area contributed by atoms with Gasteiger partial charge in [0.25, 0.3) is 5.91 Å². The van der Waals surface area contributed by atoms with Crippen LogP contribution in [0, 0.1) is 11.3 Å². The molecule has 0 radical (unpaired) electrons. The topological polar surface area (TPSA) is 117 Å². The van der Waals surface area contributed by atoms with Crippen LogP contribution in [0.25, 0.3) is 0 Å². The minimum absolute atomic E-state index is 0.0136. The number of nitrogens with one attached hydrogen (secondary N) is 1. The molecule has 8 nitrogen and oxygen atoms in total. The van der Waals surface area contributed by atoms with Gasteiger partial charge in [-0.3, -0.25) is 4.79 Å². The van der Waals surface area contributed by atoms with Crippen LogP contribution in [0.2, 0.25) is 0 Å². The van der Waals surface area contributed by atoms with E-state index in [1.54, 1.807) is 4.90 Å². The standard InChI is InChI=1S/C18H23N3O5S/c1-14-5-2-3-12-21(14)17(22)13-26-18(23)15-6-8-16(9-7-15)27(24,25)20-11-4-10-19/h6-9,14,20H,2-5,11-13H2,1H3/t14-/m0/s1. The number of piperidine rings is 1. The zero-order valence-corrected chi connectivity index (χ0v) is 16.0. The van der Waals surface area contributed by atoms with Crippen LogP contribution < -0.4 is 4.72 Å². The monoisotopic (exact) mass is 393 g/mol. The number of hydrogen-bond acceptors (Lipinski definition) is 6. The number of esters is 1. The number of sulfonamides is 1. The van der Waals surface area contributed by atoms with Crippen molar-refractivity contribution in [3.8, 4) is 6.07 Å². The van der Waals surface area contributed by atoms with Gasteiger partial charge in [-0.25, -0.2) is 17.9 Å². The predicted molar refractivity (Wildman–Crippen MR) is 97.2 cm³/mol. The molecule has 9 heteroatoms. The summed E-state index contributed by atoms with van der Waals surface area (Å²) in [7, 11) is -3.74. The number of ether oxygens (including phenoxy) is 1. The third kappa shape index (κ3) is 5.77. The van der Waals surface area contributed by atoms with Crippen LogP contribution in [-0.4, -0.2) is 50.9 Å². The second-order valence-electron chi connectivity index (χ2n) is 6.34. The van der Waals surface area contributed by atoms with Crippen molar-refractivity contribution in [2.75, 3.05) is 19.7 Å². The van der Waals surface area contributed by atoms with Crippen molar-refractivity contribution in [2.45, 2.75) is 43.5 Å². The average molecular weight is 393 g/mol. The number of benzene rings is 1. The van der Waals surface area contributed by atoms with Crippen LogP contribution in [-0.2, 0) is 19.6 Å². The highest BCUT2D eigenvalue weighted by atomic mass is 32.2. The van der Waals surface area contributed by atoms with Crippen LogP contribution in [0.4, 0.5) is 0 Å². The van der Waals surface area contributed by atoms with E-state index in [1.165, 1.54) is 24.3 Å². The van der Waals surface area contributed by atoms with E-state index < -0.39 is 16.0 Å². The van der Waals surface area contributed by atoms with E-state index in [0.29, 0.717) is 6.54 Å². The number of nitriles is 1. The van der Waals surface area contributed by atoms with E-state index in [2.05, 4.69) is 4.72 Å². The second kappa shape index (κ2) is 9.48. The highest BCUT2D eigenvalue weighted by Crippen LogP contribution is 2.17. The molecular weight excluding hydrogens is 370 g/mol. The Balaban J connectivity index is 1.91. The van der Waals surface area contributed by atoms with Gasteiger partial charge in [-0.05, 0) is 50.5 Å². The zero-order chi connectivity index (χ0) is 19.9. The minimum Gasteiger partial charge on any atom is -0.452 e. The van der Waals surface area contributed by atoms with Crippen molar-refractivity contribution in [3.63, 3.8) is 0 Å². The van der Waals surface area contributed by atoms with E-state index in [-0.39, 0.29) is 42.0 Å². The molecule has 0 spiro atoms. The fourth-order valence-corrected chi connectivity index (χ4v) is 3.89. The number of rotatable bonds is 7. The van der Waals surface area contributed by atoms with Gasteiger partial charge in [-0.1, -0.05) is 0 Å². The van der Waals surface area contributed by atoms with E-state index in [9.17, 15) is 18.0 Å². The van der Waals surface area contributed by atoms with Gasteiger partial charge in [-0.15, -0.1) is 0 Å². The molecule has 1 atom stereocenters. The van der Waals surface area contributed by atoms with Gasteiger partial charge in [0.15, 0.2) is 6.61 Å². The molecule has 1 aliphatic heterocycles. The maximum absolute atomic E-state index is 12.2. The van der Waals surface area contributed by atoms with Crippen molar-refractivity contribution in [3.05, 3.63) is 29.8 Å². The second-order valence-corrected chi connectivity index (χ2v) is 8.11. The molecule has 1 heterocycles. The number of likely N-dealkylation sites (tertiary alicyclic amines) is 1. The summed E-state index contributed by atoms with van der Waals surface area (Å²) in [4.78, 5) is 26.0. The van der Waals surface area contributed by atoms with Gasteiger partial charge >= 0.3 is 5.97 Å². The van der Waals surface area contributed by atoms with Gasteiger partial charge in [0.05, 0.1) is 16.5 Å². The first kappa shape index (κ1) is 20.9. The Kier molecular flexibility index (Phi) is 7.33. The number of carbonyl (C=O) groups excluding carboxylic acids is 2. The molecule has 27 heavy (non-hydrogen) atoms. The van der Waals surface area contributed by atoms with E-state index >= 15 is 0 Å². The number of amides is 1. The molecule has 1 aromatic rings. The predicted octanol–water partition coefficient (Wildman–Crippen LogP) is 1.44. The minimum atomic E-state index is -3.74. The Bertz CT molecular complexity index is 814. The molecule has 0 bridgehead atoms. The zero-order valence-electron chi connectivity index (χ0n) is 15.2. The molecule has 0 unspecified atom stereocenters.